The van der Waals surface area contributed by atoms with Gasteiger partial charge in [-0.15, -0.1) is 0 Å². The van der Waals surface area contributed by atoms with E-state index >= 15 is 0 Å². The molecule has 0 saturated heterocycles. The van der Waals surface area contributed by atoms with E-state index in [1.807, 2.05) is 0 Å². The first-order chi connectivity index (χ1) is 7.68. The largest absolute Gasteiger partial charge is 0.492 e. The number of fused-ring (bicyclic) bond motifs is 1. The Balaban J connectivity index is 2.05. The van der Waals surface area contributed by atoms with Crippen LogP contribution in [0.5, 0.6) is 5.75 Å². The highest BCUT2D eigenvalue weighted by Gasteiger charge is 2.16. The summed E-state index contributed by atoms with van der Waals surface area (Å²) >= 11 is 3.67. The summed E-state index contributed by atoms with van der Waals surface area (Å²) in [5, 5.41) is 0. The van der Waals surface area contributed by atoms with E-state index in [1.54, 1.807) is 0 Å². The molecule has 1 nitrogen and oxygen atoms in total. The second-order valence-corrected chi connectivity index (χ2v) is 5.69. The van der Waals surface area contributed by atoms with Gasteiger partial charge in [-0.1, -0.05) is 19.9 Å². The monoisotopic (exact) mass is 282 g/mol. The van der Waals surface area contributed by atoms with Gasteiger partial charge < -0.3 is 4.74 Å². The van der Waals surface area contributed by atoms with Gasteiger partial charge in [0.05, 0.1) is 11.1 Å². The average Bonchev–Trinajstić information content (AvgIpc) is 2.69. The van der Waals surface area contributed by atoms with Crippen LogP contribution in [0.25, 0.3) is 0 Å². The van der Waals surface area contributed by atoms with Crippen molar-refractivity contribution in [1.29, 1.82) is 0 Å². The van der Waals surface area contributed by atoms with Crippen LogP contribution in [0.4, 0.5) is 0 Å². The number of benzene rings is 1. The molecule has 0 unspecified atom stereocenters. The third kappa shape index (κ3) is 2.60. The molecule has 0 heterocycles. The van der Waals surface area contributed by atoms with E-state index in [4.69, 9.17) is 4.74 Å². The van der Waals surface area contributed by atoms with Crippen molar-refractivity contribution in [2.24, 2.45) is 5.92 Å². The van der Waals surface area contributed by atoms with E-state index in [0.717, 1.165) is 18.8 Å². The summed E-state index contributed by atoms with van der Waals surface area (Å²) in [6.07, 6.45) is 4.81. The van der Waals surface area contributed by atoms with Crippen molar-refractivity contribution >= 4 is 15.9 Å². The Morgan fingerprint density at radius 3 is 2.88 bits per heavy atom. The van der Waals surface area contributed by atoms with Gasteiger partial charge in [-0.2, -0.15) is 0 Å². The molecule has 0 aromatic heterocycles. The minimum atomic E-state index is 0.702. The molecule has 1 aromatic carbocycles. The highest BCUT2D eigenvalue weighted by molar-refractivity contribution is 9.10. The van der Waals surface area contributed by atoms with Crippen LogP contribution in [0.2, 0.25) is 0 Å². The summed E-state index contributed by atoms with van der Waals surface area (Å²) in [5.74, 6) is 1.72. The molecule has 16 heavy (non-hydrogen) atoms. The molecule has 0 amide bonds. The second kappa shape index (κ2) is 5.22. The van der Waals surface area contributed by atoms with Crippen molar-refractivity contribution in [2.45, 2.75) is 39.5 Å². The maximum atomic E-state index is 5.83. The predicted octanol–water partition coefficient (Wildman–Crippen LogP) is 4.36. The Labute approximate surface area is 106 Å². The lowest BCUT2D eigenvalue weighted by atomic mass is 10.1. The first-order valence-corrected chi connectivity index (χ1v) is 6.91. The van der Waals surface area contributed by atoms with Gasteiger partial charge in [0.1, 0.15) is 5.75 Å². The number of halogens is 1. The van der Waals surface area contributed by atoms with E-state index in [1.165, 1.54) is 34.9 Å². The van der Waals surface area contributed by atoms with Crippen molar-refractivity contribution in [3.05, 3.63) is 27.7 Å². The topological polar surface area (TPSA) is 9.23 Å². The lowest BCUT2D eigenvalue weighted by molar-refractivity contribution is 0.287. The van der Waals surface area contributed by atoms with Crippen LogP contribution in [0.15, 0.2) is 16.6 Å². The van der Waals surface area contributed by atoms with E-state index in [0.29, 0.717) is 5.92 Å². The molecule has 0 fully saturated rings. The standard InChI is InChI=1S/C14H19BrO/c1-10(2)8-9-16-13-7-6-11-4-3-5-12(11)14(13)15/h6-7,10H,3-5,8-9H2,1-2H3. The lowest BCUT2D eigenvalue weighted by Crippen LogP contribution is -2.02. The molecule has 0 saturated carbocycles. The predicted molar refractivity (Wildman–Crippen MR) is 71.1 cm³/mol. The molecule has 1 aliphatic carbocycles. The molecule has 0 aliphatic heterocycles. The summed E-state index contributed by atoms with van der Waals surface area (Å²) < 4.78 is 7.01. The zero-order valence-corrected chi connectivity index (χ0v) is 11.6. The van der Waals surface area contributed by atoms with Crippen LogP contribution in [-0.2, 0) is 12.8 Å². The number of aryl methyl sites for hydroxylation is 1. The van der Waals surface area contributed by atoms with Crippen molar-refractivity contribution in [1.82, 2.24) is 0 Å². The van der Waals surface area contributed by atoms with Crippen LogP contribution in [0.3, 0.4) is 0 Å². The van der Waals surface area contributed by atoms with Crippen LogP contribution in [0, 0.1) is 5.92 Å². The Hall–Kier alpha value is -0.500. The average molecular weight is 283 g/mol. The van der Waals surface area contributed by atoms with Crippen LogP contribution in [0.1, 0.15) is 37.8 Å². The van der Waals surface area contributed by atoms with Gasteiger partial charge in [0.15, 0.2) is 0 Å². The van der Waals surface area contributed by atoms with Gasteiger partial charge in [0.25, 0.3) is 0 Å². The Morgan fingerprint density at radius 1 is 1.31 bits per heavy atom. The molecular weight excluding hydrogens is 264 g/mol. The quantitative estimate of drug-likeness (QED) is 0.797. The van der Waals surface area contributed by atoms with E-state index < -0.39 is 0 Å². The second-order valence-electron chi connectivity index (χ2n) is 4.90. The third-order valence-corrected chi connectivity index (χ3v) is 4.00. The molecule has 0 atom stereocenters. The van der Waals surface area contributed by atoms with Crippen molar-refractivity contribution in [3.63, 3.8) is 0 Å². The molecular formula is C14H19BrO. The molecule has 0 bridgehead atoms. The molecule has 2 heteroatoms. The lowest BCUT2D eigenvalue weighted by Gasteiger charge is -2.12. The number of ether oxygens (including phenoxy) is 1. The number of rotatable bonds is 4. The minimum Gasteiger partial charge on any atom is -0.492 e. The zero-order chi connectivity index (χ0) is 11.5. The van der Waals surface area contributed by atoms with E-state index in [9.17, 15) is 0 Å². The van der Waals surface area contributed by atoms with Gasteiger partial charge in [0, 0.05) is 0 Å². The van der Waals surface area contributed by atoms with Gasteiger partial charge in [-0.3, -0.25) is 0 Å². The Kier molecular flexibility index (Phi) is 3.91. The summed E-state index contributed by atoms with van der Waals surface area (Å²) in [6, 6.07) is 4.33. The molecule has 0 radical (unpaired) electrons. The Morgan fingerprint density at radius 2 is 2.12 bits per heavy atom. The highest BCUT2D eigenvalue weighted by Crippen LogP contribution is 2.36. The summed E-state index contributed by atoms with van der Waals surface area (Å²) in [6.45, 7) is 5.26. The maximum absolute atomic E-state index is 5.83. The number of hydrogen-bond donors (Lipinski definition) is 0. The SMILES string of the molecule is CC(C)CCOc1ccc2c(c1Br)CCC2. The van der Waals surface area contributed by atoms with Crippen molar-refractivity contribution < 1.29 is 4.74 Å². The fourth-order valence-corrected chi connectivity index (χ4v) is 2.82. The summed E-state index contributed by atoms with van der Waals surface area (Å²) in [7, 11) is 0. The zero-order valence-electron chi connectivity index (χ0n) is 10.1. The molecule has 88 valence electrons. The van der Waals surface area contributed by atoms with Gasteiger partial charge >= 0.3 is 0 Å². The van der Waals surface area contributed by atoms with Crippen molar-refractivity contribution in [3.8, 4) is 5.75 Å². The summed E-state index contributed by atoms with van der Waals surface area (Å²) in [5.41, 5.74) is 2.95. The maximum Gasteiger partial charge on any atom is 0.133 e. The van der Waals surface area contributed by atoms with Crippen LogP contribution in [-0.4, -0.2) is 6.61 Å². The first-order valence-electron chi connectivity index (χ1n) is 6.11. The Bertz CT molecular complexity index is 371. The molecule has 2 rings (SSSR count). The highest BCUT2D eigenvalue weighted by atomic mass is 79.9. The molecule has 1 aliphatic rings. The third-order valence-electron chi connectivity index (χ3n) is 3.13. The van der Waals surface area contributed by atoms with Gasteiger partial charge in [-0.25, -0.2) is 0 Å². The van der Waals surface area contributed by atoms with Crippen LogP contribution < -0.4 is 4.74 Å². The smallest absolute Gasteiger partial charge is 0.133 e. The fraction of sp³-hybridized carbons (Fsp3) is 0.571. The van der Waals surface area contributed by atoms with Crippen molar-refractivity contribution in [2.75, 3.05) is 6.61 Å². The first kappa shape index (κ1) is 12.0. The normalized spacial score (nSPS) is 14.2. The van der Waals surface area contributed by atoms with E-state index in [-0.39, 0.29) is 0 Å². The van der Waals surface area contributed by atoms with E-state index in [2.05, 4.69) is 41.9 Å². The molecule has 0 spiro atoms. The summed E-state index contributed by atoms with van der Waals surface area (Å²) in [4.78, 5) is 0. The number of hydrogen-bond acceptors (Lipinski definition) is 1. The molecule has 1 aromatic rings. The van der Waals surface area contributed by atoms with Crippen LogP contribution >= 0.6 is 15.9 Å². The molecule has 0 N–H and O–H groups in total. The van der Waals surface area contributed by atoms with Gasteiger partial charge in [0.2, 0.25) is 0 Å². The fourth-order valence-electron chi connectivity index (χ4n) is 2.12. The van der Waals surface area contributed by atoms with Gasteiger partial charge in [-0.05, 0) is 64.7 Å². The minimum absolute atomic E-state index is 0.702.